The van der Waals surface area contributed by atoms with Crippen molar-refractivity contribution in [3.8, 4) is 0 Å². The normalized spacial score (nSPS) is 11.2. The van der Waals surface area contributed by atoms with Crippen LogP contribution in [0.2, 0.25) is 0 Å². The number of carbonyl (C=O) groups excluding carboxylic acids is 1. The number of likely N-dealkylation sites (N-methyl/N-ethyl adjacent to an activating group) is 1. The number of halogens is 1. The van der Waals surface area contributed by atoms with Gasteiger partial charge >= 0.3 is 0 Å². The van der Waals surface area contributed by atoms with E-state index in [1.54, 1.807) is 11.0 Å². The Labute approximate surface area is 125 Å². The average molecular weight is 316 g/mol. The summed E-state index contributed by atoms with van der Waals surface area (Å²) in [6, 6.07) is 4.19. The van der Waals surface area contributed by atoms with Gasteiger partial charge in [-0.15, -0.1) is 0 Å². The molecule has 0 heterocycles. The molecule has 7 heteroatoms. The molecule has 5 nitrogen and oxygen atoms in total. The Morgan fingerprint density at radius 3 is 2.38 bits per heavy atom. The fourth-order valence-electron chi connectivity index (χ4n) is 1.92. The summed E-state index contributed by atoms with van der Waals surface area (Å²) in [5, 5.41) is 2.84. The first-order valence-electron chi connectivity index (χ1n) is 6.74. The first kappa shape index (κ1) is 17.4. The first-order chi connectivity index (χ1) is 9.76. The molecule has 0 spiro atoms. The maximum Gasteiger partial charge on any atom is 0.241 e. The SMILES string of the molecule is CCN(CC)C(=O)CNc1ccc(CS(C)(=O)=O)c(F)c1. The van der Waals surface area contributed by atoms with Gasteiger partial charge in [-0.2, -0.15) is 0 Å². The summed E-state index contributed by atoms with van der Waals surface area (Å²) in [6.07, 6.45) is 1.06. The van der Waals surface area contributed by atoms with Gasteiger partial charge in [-0.3, -0.25) is 4.79 Å². The molecule has 0 saturated heterocycles. The third kappa shape index (κ3) is 5.71. The van der Waals surface area contributed by atoms with Gasteiger partial charge in [0.05, 0.1) is 12.3 Å². The Morgan fingerprint density at radius 2 is 1.90 bits per heavy atom. The summed E-state index contributed by atoms with van der Waals surface area (Å²) in [5.74, 6) is -1.00. The summed E-state index contributed by atoms with van der Waals surface area (Å²) < 4.78 is 36.1. The summed E-state index contributed by atoms with van der Waals surface area (Å²) in [5.41, 5.74) is 0.573. The molecule has 21 heavy (non-hydrogen) atoms. The number of anilines is 1. The van der Waals surface area contributed by atoms with Crippen molar-refractivity contribution in [2.75, 3.05) is 31.2 Å². The predicted molar refractivity (Wildman–Crippen MR) is 81.4 cm³/mol. The lowest BCUT2D eigenvalue weighted by Crippen LogP contribution is -2.35. The fraction of sp³-hybridized carbons (Fsp3) is 0.500. The molecule has 1 rings (SSSR count). The molecule has 0 fully saturated rings. The molecular formula is C14H21FN2O3S. The van der Waals surface area contributed by atoms with Crippen molar-refractivity contribution < 1.29 is 17.6 Å². The van der Waals surface area contributed by atoms with Crippen LogP contribution in [0.4, 0.5) is 10.1 Å². The minimum atomic E-state index is -3.28. The van der Waals surface area contributed by atoms with Gasteiger partial charge in [-0.25, -0.2) is 12.8 Å². The van der Waals surface area contributed by atoms with E-state index in [2.05, 4.69) is 5.32 Å². The Bertz CT molecular complexity index is 598. The highest BCUT2D eigenvalue weighted by atomic mass is 32.2. The molecule has 0 aliphatic heterocycles. The molecule has 0 atom stereocenters. The predicted octanol–water partition coefficient (Wildman–Crippen LogP) is 1.65. The smallest absolute Gasteiger partial charge is 0.241 e. The Balaban J connectivity index is 2.70. The van der Waals surface area contributed by atoms with E-state index in [0.29, 0.717) is 18.8 Å². The fourth-order valence-corrected chi connectivity index (χ4v) is 2.72. The van der Waals surface area contributed by atoms with Crippen molar-refractivity contribution in [1.82, 2.24) is 4.90 Å². The van der Waals surface area contributed by atoms with Crippen molar-refractivity contribution >= 4 is 21.4 Å². The molecule has 118 valence electrons. The molecule has 0 unspecified atom stereocenters. The number of nitrogens with zero attached hydrogens (tertiary/aromatic N) is 1. The second-order valence-corrected chi connectivity index (χ2v) is 6.94. The van der Waals surface area contributed by atoms with Gasteiger partial charge in [0.25, 0.3) is 0 Å². The number of rotatable bonds is 7. The summed E-state index contributed by atoms with van der Waals surface area (Å²) in [4.78, 5) is 13.5. The highest BCUT2D eigenvalue weighted by molar-refractivity contribution is 7.89. The van der Waals surface area contributed by atoms with Crippen molar-refractivity contribution in [3.63, 3.8) is 0 Å². The van der Waals surface area contributed by atoms with Crippen molar-refractivity contribution in [2.45, 2.75) is 19.6 Å². The van der Waals surface area contributed by atoms with Crippen LogP contribution in [-0.4, -0.2) is 45.1 Å². The molecular weight excluding hydrogens is 295 g/mol. The first-order valence-corrected chi connectivity index (χ1v) is 8.80. The molecule has 1 amide bonds. The number of carbonyl (C=O) groups is 1. The number of hydrogen-bond donors (Lipinski definition) is 1. The minimum Gasteiger partial charge on any atom is -0.376 e. The zero-order valence-electron chi connectivity index (χ0n) is 12.5. The van der Waals surface area contributed by atoms with Crippen molar-refractivity contribution in [1.29, 1.82) is 0 Å². The van der Waals surface area contributed by atoms with Crippen LogP contribution in [0, 0.1) is 5.82 Å². The lowest BCUT2D eigenvalue weighted by atomic mass is 10.2. The molecule has 1 N–H and O–H groups in total. The number of benzene rings is 1. The number of hydrogen-bond acceptors (Lipinski definition) is 4. The van der Waals surface area contributed by atoms with Crippen LogP contribution < -0.4 is 5.32 Å². The quantitative estimate of drug-likeness (QED) is 0.830. The molecule has 1 aromatic rings. The summed E-state index contributed by atoms with van der Waals surface area (Å²) >= 11 is 0. The Morgan fingerprint density at radius 1 is 1.29 bits per heavy atom. The van der Waals surface area contributed by atoms with Gasteiger partial charge in [0.15, 0.2) is 9.84 Å². The van der Waals surface area contributed by atoms with E-state index < -0.39 is 15.7 Å². The van der Waals surface area contributed by atoms with Crippen LogP contribution in [0.25, 0.3) is 0 Å². The van der Waals surface area contributed by atoms with E-state index in [4.69, 9.17) is 0 Å². The molecule has 1 aromatic carbocycles. The maximum atomic E-state index is 13.8. The minimum absolute atomic E-state index is 0.0689. The zero-order valence-corrected chi connectivity index (χ0v) is 13.3. The lowest BCUT2D eigenvalue weighted by molar-refractivity contribution is -0.128. The highest BCUT2D eigenvalue weighted by Gasteiger charge is 2.12. The lowest BCUT2D eigenvalue weighted by Gasteiger charge is -2.19. The molecule has 0 bridgehead atoms. The number of amides is 1. The van der Waals surface area contributed by atoms with Crippen LogP contribution >= 0.6 is 0 Å². The van der Waals surface area contributed by atoms with Gasteiger partial charge in [-0.1, -0.05) is 6.07 Å². The van der Waals surface area contributed by atoms with Crippen LogP contribution in [0.1, 0.15) is 19.4 Å². The largest absolute Gasteiger partial charge is 0.376 e. The third-order valence-corrected chi connectivity index (χ3v) is 3.87. The van der Waals surface area contributed by atoms with E-state index in [0.717, 1.165) is 6.26 Å². The summed E-state index contributed by atoms with van der Waals surface area (Å²) in [7, 11) is -3.28. The van der Waals surface area contributed by atoms with E-state index in [1.165, 1.54) is 12.1 Å². The Hall–Kier alpha value is -1.63. The summed E-state index contributed by atoms with van der Waals surface area (Å²) in [6.45, 7) is 5.10. The van der Waals surface area contributed by atoms with Gasteiger partial charge in [0.2, 0.25) is 5.91 Å². The van der Waals surface area contributed by atoms with Crippen molar-refractivity contribution in [2.24, 2.45) is 0 Å². The van der Waals surface area contributed by atoms with E-state index in [1.807, 2.05) is 13.8 Å². The molecule has 0 saturated carbocycles. The van der Waals surface area contributed by atoms with E-state index in [9.17, 15) is 17.6 Å². The zero-order chi connectivity index (χ0) is 16.0. The standard InChI is InChI=1S/C14H21FN2O3S/c1-4-17(5-2)14(18)9-16-12-7-6-11(13(15)8-12)10-21(3,19)20/h6-8,16H,4-5,9-10H2,1-3H3. The van der Waals surface area contributed by atoms with Gasteiger partial charge < -0.3 is 10.2 Å². The Kier molecular flexibility index (Phi) is 6.14. The molecule has 0 aliphatic rings. The maximum absolute atomic E-state index is 13.8. The number of sulfone groups is 1. The molecule has 0 aromatic heterocycles. The number of nitrogens with one attached hydrogen (secondary N) is 1. The molecule has 0 radical (unpaired) electrons. The van der Waals surface area contributed by atoms with Crippen LogP contribution in [0.15, 0.2) is 18.2 Å². The second kappa shape index (κ2) is 7.40. The highest BCUT2D eigenvalue weighted by Crippen LogP contribution is 2.16. The van der Waals surface area contributed by atoms with Crippen LogP contribution in [0.5, 0.6) is 0 Å². The second-order valence-electron chi connectivity index (χ2n) is 4.80. The monoisotopic (exact) mass is 316 g/mol. The van der Waals surface area contributed by atoms with Crippen LogP contribution in [-0.2, 0) is 20.4 Å². The third-order valence-electron chi connectivity index (χ3n) is 3.03. The van der Waals surface area contributed by atoms with Gasteiger partial charge in [0.1, 0.15) is 5.82 Å². The van der Waals surface area contributed by atoms with E-state index in [-0.39, 0.29) is 23.8 Å². The van der Waals surface area contributed by atoms with Gasteiger partial charge in [-0.05, 0) is 26.0 Å². The van der Waals surface area contributed by atoms with Crippen LogP contribution in [0.3, 0.4) is 0 Å². The van der Waals surface area contributed by atoms with Crippen molar-refractivity contribution in [3.05, 3.63) is 29.6 Å². The topological polar surface area (TPSA) is 66.5 Å². The average Bonchev–Trinajstić information content (AvgIpc) is 2.39. The molecule has 0 aliphatic carbocycles. The van der Waals surface area contributed by atoms with E-state index >= 15 is 0 Å². The van der Waals surface area contributed by atoms with Gasteiger partial charge in [0, 0.05) is 30.6 Å².